The largest absolute Gasteiger partial charge is 0.497 e. The minimum Gasteiger partial charge on any atom is -0.497 e. The van der Waals surface area contributed by atoms with E-state index in [4.69, 9.17) is 25.8 Å². The van der Waals surface area contributed by atoms with Crippen LogP contribution < -0.4 is 14.2 Å². The number of benzene rings is 3. The van der Waals surface area contributed by atoms with E-state index in [-0.39, 0.29) is 49.4 Å². The summed E-state index contributed by atoms with van der Waals surface area (Å²) in [5.41, 5.74) is 1.54. The predicted molar refractivity (Wildman–Crippen MR) is 161 cm³/mol. The lowest BCUT2D eigenvalue weighted by molar-refractivity contribution is -0.134. The first-order valence-corrected chi connectivity index (χ1v) is 14.9. The molecule has 1 saturated heterocycles. The highest BCUT2D eigenvalue weighted by Crippen LogP contribution is 2.25. The van der Waals surface area contributed by atoms with Crippen molar-refractivity contribution in [1.82, 2.24) is 9.21 Å². The Balaban J connectivity index is 1.23. The monoisotopic (exact) mass is 610 g/mol. The molecule has 0 saturated carbocycles. The summed E-state index contributed by atoms with van der Waals surface area (Å²) in [7, 11) is -0.529. The van der Waals surface area contributed by atoms with E-state index in [1.165, 1.54) is 40.7 Å². The molecule has 0 unspecified atom stereocenters. The molecule has 0 atom stereocenters. The van der Waals surface area contributed by atoms with Gasteiger partial charge in [-0.15, -0.1) is 0 Å². The van der Waals surface area contributed by atoms with Crippen LogP contribution in [0.5, 0.6) is 17.2 Å². The molecule has 0 aliphatic carbocycles. The molecule has 0 radical (unpaired) electrons. The Bertz CT molecular complexity index is 1560. The molecule has 0 aromatic heterocycles. The molecule has 1 amide bonds. The number of amides is 1. The fourth-order valence-corrected chi connectivity index (χ4v) is 5.76. The van der Waals surface area contributed by atoms with Crippen molar-refractivity contribution in [3.8, 4) is 17.2 Å². The third-order valence-electron chi connectivity index (χ3n) is 6.59. The first-order valence-electron chi connectivity index (χ1n) is 13.1. The Labute approximate surface area is 250 Å². The van der Waals surface area contributed by atoms with Crippen LogP contribution in [0.25, 0.3) is 12.2 Å². The minimum absolute atomic E-state index is 0.169. The lowest BCUT2D eigenvalue weighted by Gasteiger charge is -2.34. The van der Waals surface area contributed by atoms with Gasteiger partial charge < -0.3 is 19.1 Å². The van der Waals surface area contributed by atoms with Crippen molar-refractivity contribution in [3.63, 3.8) is 0 Å². The topological polar surface area (TPSA) is 102 Å². The molecule has 9 nitrogen and oxygen atoms in total. The Morgan fingerprint density at radius 2 is 1.48 bits per heavy atom. The van der Waals surface area contributed by atoms with Gasteiger partial charge in [0.15, 0.2) is 12.4 Å². The SMILES string of the molecule is COc1ccc(C=CC(=O)C=Cc2ccc(OCC(=O)N3CCN(S(=O)(=O)c4ccc(Cl)cc4)CC3)cc2)c(OC)c1. The smallest absolute Gasteiger partial charge is 0.260 e. The van der Waals surface area contributed by atoms with Gasteiger partial charge in [-0.2, -0.15) is 4.31 Å². The Hall–Kier alpha value is -4.12. The number of allylic oxidation sites excluding steroid dienone is 2. The summed E-state index contributed by atoms with van der Waals surface area (Å²) in [6, 6.07) is 18.3. The lowest BCUT2D eigenvalue weighted by Crippen LogP contribution is -2.51. The second-order valence-electron chi connectivity index (χ2n) is 9.27. The Kier molecular flexibility index (Phi) is 10.4. The summed E-state index contributed by atoms with van der Waals surface area (Å²) in [5, 5.41) is 0.460. The number of carbonyl (C=O) groups excluding carboxylic acids is 2. The zero-order chi connectivity index (χ0) is 30.1. The van der Waals surface area contributed by atoms with E-state index in [1.54, 1.807) is 67.7 Å². The van der Waals surface area contributed by atoms with Gasteiger partial charge in [-0.1, -0.05) is 29.8 Å². The third kappa shape index (κ3) is 8.00. The first kappa shape index (κ1) is 30.8. The van der Waals surface area contributed by atoms with E-state index >= 15 is 0 Å². The second kappa shape index (κ2) is 14.2. The van der Waals surface area contributed by atoms with Crippen LogP contribution in [0.1, 0.15) is 11.1 Å². The zero-order valence-corrected chi connectivity index (χ0v) is 24.8. The summed E-state index contributed by atoms with van der Waals surface area (Å²) in [6.07, 6.45) is 6.28. The van der Waals surface area contributed by atoms with Crippen LogP contribution in [-0.2, 0) is 19.6 Å². The average molecular weight is 611 g/mol. The maximum atomic E-state index is 12.9. The van der Waals surface area contributed by atoms with E-state index in [0.29, 0.717) is 22.3 Å². The van der Waals surface area contributed by atoms with Gasteiger partial charge in [-0.25, -0.2) is 8.42 Å². The number of hydrogen-bond acceptors (Lipinski definition) is 7. The highest BCUT2D eigenvalue weighted by Gasteiger charge is 2.30. The van der Waals surface area contributed by atoms with Crippen LogP contribution in [0.15, 0.2) is 83.8 Å². The number of ketones is 1. The predicted octanol–water partition coefficient (Wildman–Crippen LogP) is 4.56. The Morgan fingerprint density at radius 3 is 2.12 bits per heavy atom. The normalized spacial score (nSPS) is 14.3. The van der Waals surface area contributed by atoms with Gasteiger partial charge in [0.25, 0.3) is 5.91 Å². The lowest BCUT2D eigenvalue weighted by atomic mass is 10.1. The van der Waals surface area contributed by atoms with Crippen LogP contribution in [0, 0.1) is 0 Å². The molecule has 1 heterocycles. The van der Waals surface area contributed by atoms with Crippen molar-refractivity contribution in [1.29, 1.82) is 0 Å². The number of halogens is 1. The molecule has 3 aromatic carbocycles. The van der Waals surface area contributed by atoms with E-state index in [2.05, 4.69) is 0 Å². The van der Waals surface area contributed by atoms with Crippen LogP contribution in [0.4, 0.5) is 0 Å². The molecule has 4 rings (SSSR count). The van der Waals surface area contributed by atoms with Gasteiger partial charge in [0.2, 0.25) is 10.0 Å². The average Bonchev–Trinajstić information content (AvgIpc) is 3.02. The quantitative estimate of drug-likeness (QED) is 0.293. The third-order valence-corrected chi connectivity index (χ3v) is 8.76. The van der Waals surface area contributed by atoms with E-state index in [1.807, 2.05) is 6.07 Å². The molecule has 42 heavy (non-hydrogen) atoms. The van der Waals surface area contributed by atoms with Crippen molar-refractivity contribution < 1.29 is 32.2 Å². The molecule has 0 spiro atoms. The molecule has 1 aliphatic heterocycles. The van der Waals surface area contributed by atoms with Crippen LogP contribution in [-0.4, -0.2) is 76.3 Å². The number of carbonyl (C=O) groups is 2. The van der Waals surface area contributed by atoms with Crippen molar-refractivity contribution in [3.05, 3.63) is 95.0 Å². The Morgan fingerprint density at radius 1 is 0.833 bits per heavy atom. The van der Waals surface area contributed by atoms with Gasteiger partial charge in [0, 0.05) is 42.8 Å². The van der Waals surface area contributed by atoms with Gasteiger partial charge in [-0.3, -0.25) is 9.59 Å². The summed E-state index contributed by atoms with van der Waals surface area (Å²) in [6.45, 7) is 0.759. The van der Waals surface area contributed by atoms with Crippen molar-refractivity contribution in [2.24, 2.45) is 0 Å². The highest BCUT2D eigenvalue weighted by molar-refractivity contribution is 7.89. The number of hydrogen-bond donors (Lipinski definition) is 0. The van der Waals surface area contributed by atoms with E-state index < -0.39 is 10.0 Å². The summed E-state index contributed by atoms with van der Waals surface area (Å²) >= 11 is 5.86. The van der Waals surface area contributed by atoms with Crippen molar-refractivity contribution >= 4 is 45.5 Å². The first-order chi connectivity index (χ1) is 20.2. The van der Waals surface area contributed by atoms with E-state index in [9.17, 15) is 18.0 Å². The van der Waals surface area contributed by atoms with E-state index in [0.717, 1.165) is 11.1 Å². The van der Waals surface area contributed by atoms with Crippen LogP contribution in [0.3, 0.4) is 0 Å². The molecule has 11 heteroatoms. The number of piperazine rings is 1. The number of nitrogens with zero attached hydrogens (tertiary/aromatic N) is 2. The minimum atomic E-state index is -3.65. The summed E-state index contributed by atoms with van der Waals surface area (Å²) < 4.78 is 43.2. The van der Waals surface area contributed by atoms with Crippen molar-refractivity contribution in [2.75, 3.05) is 47.0 Å². The molecular weight excluding hydrogens is 580 g/mol. The zero-order valence-electron chi connectivity index (χ0n) is 23.2. The standard InChI is InChI=1S/C31H31ClN2O7S/c1-39-28-14-7-24(30(21-28)40-2)6-11-26(35)10-3-23-4-12-27(13-5-23)41-22-31(36)33-17-19-34(20-18-33)42(37,38)29-15-8-25(32)9-16-29/h3-16,21H,17-20,22H2,1-2H3. The second-order valence-corrected chi connectivity index (χ2v) is 11.6. The molecule has 1 fully saturated rings. The number of sulfonamides is 1. The summed E-state index contributed by atoms with van der Waals surface area (Å²) in [5.74, 6) is 1.34. The molecule has 220 valence electrons. The van der Waals surface area contributed by atoms with Gasteiger partial charge in [0.05, 0.1) is 19.1 Å². The molecule has 1 aliphatic rings. The van der Waals surface area contributed by atoms with Crippen molar-refractivity contribution in [2.45, 2.75) is 4.90 Å². The van der Waals surface area contributed by atoms with Crippen LogP contribution >= 0.6 is 11.6 Å². The van der Waals surface area contributed by atoms with Crippen LogP contribution in [0.2, 0.25) is 5.02 Å². The van der Waals surface area contributed by atoms with Gasteiger partial charge in [-0.05, 0) is 72.3 Å². The van der Waals surface area contributed by atoms with Gasteiger partial charge in [0.1, 0.15) is 17.2 Å². The fraction of sp³-hybridized carbons (Fsp3) is 0.226. The number of methoxy groups -OCH3 is 2. The maximum Gasteiger partial charge on any atom is 0.260 e. The molecule has 0 bridgehead atoms. The fourth-order valence-electron chi connectivity index (χ4n) is 4.21. The maximum absolute atomic E-state index is 12.9. The number of rotatable bonds is 11. The number of ether oxygens (including phenoxy) is 3. The van der Waals surface area contributed by atoms with Gasteiger partial charge >= 0.3 is 0 Å². The molecule has 3 aromatic rings. The summed E-state index contributed by atoms with van der Waals surface area (Å²) in [4.78, 5) is 26.7. The highest BCUT2D eigenvalue weighted by atomic mass is 35.5. The molecule has 0 N–H and O–H groups in total. The molecular formula is C31H31ClN2O7S.